The molecule has 27 heavy (non-hydrogen) atoms. The Morgan fingerprint density at radius 2 is 1.89 bits per heavy atom. The minimum Gasteiger partial charge on any atom is -0.375 e. The topological polar surface area (TPSA) is 45.7 Å². The quantitative estimate of drug-likeness (QED) is 0.739. The lowest BCUT2D eigenvalue weighted by molar-refractivity contribution is 0.0572. The number of fused-ring (bicyclic) bond motifs is 4. The molecule has 5 nitrogen and oxygen atoms in total. The van der Waals surface area contributed by atoms with Gasteiger partial charge >= 0.3 is 0 Å². The molecule has 0 spiro atoms. The van der Waals surface area contributed by atoms with Crippen molar-refractivity contribution in [3.05, 3.63) is 66.0 Å². The Bertz CT molecular complexity index is 738. The predicted octanol–water partition coefficient (Wildman–Crippen LogP) is 2.83. The maximum Gasteiger partial charge on any atom is 0.272 e. The van der Waals surface area contributed by atoms with Crippen LogP contribution < -0.4 is 0 Å². The molecule has 3 aliphatic heterocycles. The lowest BCUT2D eigenvalue weighted by Gasteiger charge is -2.35. The Morgan fingerprint density at radius 1 is 1.04 bits per heavy atom. The number of ether oxygens (including phenoxy) is 1. The summed E-state index contributed by atoms with van der Waals surface area (Å²) in [5.41, 5.74) is 1.76. The van der Waals surface area contributed by atoms with Crippen LogP contribution in [0, 0.1) is 5.92 Å². The molecule has 0 unspecified atom stereocenters. The van der Waals surface area contributed by atoms with Crippen molar-refractivity contribution < 1.29 is 9.53 Å². The zero-order chi connectivity index (χ0) is 18.5. The molecule has 2 aromatic rings. The van der Waals surface area contributed by atoms with Gasteiger partial charge in [-0.05, 0) is 36.5 Å². The molecule has 0 saturated carbocycles. The standard InChI is InChI=1S/C22H27N3O2/c26-22(21-8-4-5-11-23-21)25-15-19-9-10-20(16-25)24(14-19)12-13-27-17-18-6-2-1-3-7-18/h1-8,11,19-20H,9-10,12-17H2/t19-,20-/m1/s1. The van der Waals surface area contributed by atoms with Gasteiger partial charge in [0.1, 0.15) is 5.69 Å². The van der Waals surface area contributed by atoms with Crippen molar-refractivity contribution in [2.24, 2.45) is 5.92 Å². The summed E-state index contributed by atoms with van der Waals surface area (Å²) < 4.78 is 5.88. The van der Waals surface area contributed by atoms with Crippen LogP contribution in [0.4, 0.5) is 0 Å². The van der Waals surface area contributed by atoms with Crippen LogP contribution in [0.5, 0.6) is 0 Å². The van der Waals surface area contributed by atoms with E-state index in [0.717, 1.165) is 39.2 Å². The van der Waals surface area contributed by atoms with Crippen molar-refractivity contribution in [3.8, 4) is 0 Å². The highest BCUT2D eigenvalue weighted by Gasteiger charge is 2.36. The average molecular weight is 365 g/mol. The first kappa shape index (κ1) is 18.1. The zero-order valence-corrected chi connectivity index (χ0v) is 15.7. The molecule has 142 valence electrons. The molecule has 3 fully saturated rings. The van der Waals surface area contributed by atoms with Crippen LogP contribution in [0.15, 0.2) is 54.7 Å². The van der Waals surface area contributed by atoms with Crippen LogP contribution in [0.3, 0.4) is 0 Å². The van der Waals surface area contributed by atoms with Crippen molar-refractivity contribution in [1.29, 1.82) is 0 Å². The van der Waals surface area contributed by atoms with E-state index in [1.807, 2.05) is 41.3 Å². The van der Waals surface area contributed by atoms with Crippen LogP contribution in [0.25, 0.3) is 0 Å². The van der Waals surface area contributed by atoms with Crippen LogP contribution >= 0.6 is 0 Å². The largest absolute Gasteiger partial charge is 0.375 e. The summed E-state index contributed by atoms with van der Waals surface area (Å²) in [6.45, 7) is 5.02. The van der Waals surface area contributed by atoms with E-state index in [1.54, 1.807) is 6.20 Å². The van der Waals surface area contributed by atoms with E-state index in [2.05, 4.69) is 22.0 Å². The van der Waals surface area contributed by atoms with Crippen molar-refractivity contribution in [1.82, 2.24) is 14.8 Å². The lowest BCUT2D eigenvalue weighted by atomic mass is 9.95. The van der Waals surface area contributed by atoms with Crippen molar-refractivity contribution in [3.63, 3.8) is 0 Å². The summed E-state index contributed by atoms with van der Waals surface area (Å²) in [5, 5.41) is 0. The number of pyridine rings is 1. The Labute approximate surface area is 161 Å². The Morgan fingerprint density at radius 3 is 2.70 bits per heavy atom. The highest BCUT2D eigenvalue weighted by molar-refractivity contribution is 5.92. The molecule has 2 bridgehead atoms. The molecule has 3 saturated heterocycles. The summed E-state index contributed by atoms with van der Waals surface area (Å²) in [6, 6.07) is 16.3. The van der Waals surface area contributed by atoms with Gasteiger partial charge in [-0.1, -0.05) is 36.4 Å². The molecule has 3 aliphatic rings. The molecule has 1 aromatic carbocycles. The minimum atomic E-state index is 0.0645. The van der Waals surface area contributed by atoms with E-state index in [0.29, 0.717) is 24.3 Å². The summed E-state index contributed by atoms with van der Waals surface area (Å²) in [5.74, 6) is 0.611. The minimum absolute atomic E-state index is 0.0645. The normalized spacial score (nSPS) is 22.6. The van der Waals surface area contributed by atoms with Gasteiger partial charge in [0.15, 0.2) is 0 Å². The Hall–Kier alpha value is -2.24. The zero-order valence-electron chi connectivity index (χ0n) is 15.7. The van der Waals surface area contributed by atoms with Crippen molar-refractivity contribution in [2.45, 2.75) is 25.5 Å². The number of carbonyl (C=O) groups excluding carboxylic acids is 1. The third-order valence-electron chi connectivity index (χ3n) is 5.63. The van der Waals surface area contributed by atoms with Crippen LogP contribution in [0.1, 0.15) is 28.9 Å². The molecule has 5 heteroatoms. The van der Waals surface area contributed by atoms with E-state index in [9.17, 15) is 4.79 Å². The molecule has 5 rings (SSSR count). The van der Waals surface area contributed by atoms with Crippen LogP contribution in [-0.4, -0.2) is 59.5 Å². The second kappa shape index (κ2) is 8.63. The van der Waals surface area contributed by atoms with Gasteiger partial charge in [0.25, 0.3) is 5.91 Å². The summed E-state index contributed by atoms with van der Waals surface area (Å²) in [7, 11) is 0. The fourth-order valence-electron chi connectivity index (χ4n) is 4.22. The summed E-state index contributed by atoms with van der Waals surface area (Å²) in [6.07, 6.45) is 4.06. The third-order valence-corrected chi connectivity index (χ3v) is 5.63. The predicted molar refractivity (Wildman–Crippen MR) is 104 cm³/mol. The van der Waals surface area contributed by atoms with E-state index in [-0.39, 0.29) is 5.91 Å². The number of hydrogen-bond acceptors (Lipinski definition) is 4. The number of piperidine rings is 1. The molecule has 2 atom stereocenters. The smallest absolute Gasteiger partial charge is 0.272 e. The molecule has 1 amide bonds. The Kier molecular flexibility index (Phi) is 5.80. The summed E-state index contributed by atoms with van der Waals surface area (Å²) >= 11 is 0. The second-order valence-corrected chi connectivity index (χ2v) is 7.56. The van der Waals surface area contributed by atoms with Gasteiger partial charge in [-0.2, -0.15) is 0 Å². The first-order valence-electron chi connectivity index (χ1n) is 9.85. The van der Waals surface area contributed by atoms with Gasteiger partial charge in [0, 0.05) is 38.4 Å². The molecular weight excluding hydrogens is 338 g/mol. The van der Waals surface area contributed by atoms with Crippen LogP contribution in [0.2, 0.25) is 0 Å². The number of hydrogen-bond donors (Lipinski definition) is 0. The van der Waals surface area contributed by atoms with Gasteiger partial charge in [-0.3, -0.25) is 14.7 Å². The van der Waals surface area contributed by atoms with Crippen molar-refractivity contribution in [2.75, 3.05) is 32.8 Å². The first-order chi connectivity index (χ1) is 13.3. The number of benzene rings is 1. The van der Waals surface area contributed by atoms with Gasteiger partial charge in [0.2, 0.25) is 0 Å². The van der Waals surface area contributed by atoms with Gasteiger partial charge in [-0.15, -0.1) is 0 Å². The third kappa shape index (κ3) is 4.54. The summed E-state index contributed by atoms with van der Waals surface area (Å²) in [4.78, 5) is 21.6. The lowest BCUT2D eigenvalue weighted by Crippen LogP contribution is -2.45. The monoisotopic (exact) mass is 365 g/mol. The molecule has 0 aliphatic carbocycles. The Balaban J connectivity index is 1.31. The molecule has 0 N–H and O–H groups in total. The first-order valence-corrected chi connectivity index (χ1v) is 9.85. The molecular formula is C22H27N3O2. The highest BCUT2D eigenvalue weighted by atomic mass is 16.5. The number of amides is 1. The number of aromatic nitrogens is 1. The highest BCUT2D eigenvalue weighted by Crippen LogP contribution is 2.28. The second-order valence-electron chi connectivity index (χ2n) is 7.56. The maximum atomic E-state index is 12.8. The van der Waals surface area contributed by atoms with Crippen LogP contribution in [-0.2, 0) is 11.3 Å². The van der Waals surface area contributed by atoms with E-state index in [4.69, 9.17) is 4.74 Å². The molecule has 1 aromatic heterocycles. The van der Waals surface area contributed by atoms with Gasteiger partial charge in [-0.25, -0.2) is 0 Å². The van der Waals surface area contributed by atoms with Crippen molar-refractivity contribution >= 4 is 5.91 Å². The fraction of sp³-hybridized carbons (Fsp3) is 0.455. The number of carbonyl (C=O) groups is 1. The van der Waals surface area contributed by atoms with E-state index < -0.39 is 0 Å². The SMILES string of the molecule is O=C(c1ccccn1)N1C[C@@H]2CC[C@H](C1)N(CCOCc1ccccc1)C2. The van der Waals surface area contributed by atoms with Gasteiger partial charge < -0.3 is 9.64 Å². The van der Waals surface area contributed by atoms with E-state index >= 15 is 0 Å². The number of rotatable bonds is 6. The molecule has 0 radical (unpaired) electrons. The fourth-order valence-corrected chi connectivity index (χ4v) is 4.22. The van der Waals surface area contributed by atoms with Gasteiger partial charge in [0.05, 0.1) is 13.2 Å². The maximum absolute atomic E-state index is 12.8. The van der Waals surface area contributed by atoms with E-state index in [1.165, 1.54) is 12.0 Å². The molecule has 4 heterocycles. The number of nitrogens with zero attached hydrogens (tertiary/aromatic N) is 3. The average Bonchev–Trinajstić information content (AvgIpc) is 3.04.